The summed E-state index contributed by atoms with van der Waals surface area (Å²) in [5.74, 6) is 0.502. The summed E-state index contributed by atoms with van der Waals surface area (Å²) in [6, 6.07) is 6.57. The number of nitro groups is 1. The summed E-state index contributed by atoms with van der Waals surface area (Å²) in [6.07, 6.45) is 7.15. The maximum atomic E-state index is 13.3. The highest BCUT2D eigenvalue weighted by atomic mass is 32.2. The SMILES string of the molecule is C=CCn1c(SCc2cccc([N+](=O)[O-])c2)nc2sc3c(c2c1=O)CCCCC3. The standard InChI is InChI=1S/C21H21N3O3S2/c1-2-11-23-20(25)18-16-9-4-3-5-10-17(16)29-19(18)22-21(23)28-13-14-7-6-8-15(12-14)24(26)27/h2,6-8,12H,1,3-5,9-11,13H2. The third kappa shape index (κ3) is 4.00. The molecule has 0 saturated heterocycles. The van der Waals surface area contributed by atoms with Crippen molar-refractivity contribution in [1.82, 2.24) is 9.55 Å². The van der Waals surface area contributed by atoms with Crippen LogP contribution in [0.2, 0.25) is 0 Å². The maximum Gasteiger partial charge on any atom is 0.269 e. The van der Waals surface area contributed by atoms with Gasteiger partial charge in [0.05, 0.1) is 10.3 Å². The Morgan fingerprint density at radius 2 is 2.14 bits per heavy atom. The molecule has 6 nitrogen and oxygen atoms in total. The Morgan fingerprint density at radius 1 is 1.31 bits per heavy atom. The summed E-state index contributed by atoms with van der Waals surface area (Å²) in [5, 5.41) is 12.4. The van der Waals surface area contributed by atoms with Crippen molar-refractivity contribution in [1.29, 1.82) is 0 Å². The van der Waals surface area contributed by atoms with Crippen molar-refractivity contribution in [2.75, 3.05) is 0 Å². The fourth-order valence-corrected chi connectivity index (χ4v) is 5.96. The van der Waals surface area contributed by atoms with Crippen molar-refractivity contribution >= 4 is 39.0 Å². The monoisotopic (exact) mass is 427 g/mol. The smallest absolute Gasteiger partial charge is 0.269 e. The summed E-state index contributed by atoms with van der Waals surface area (Å²) in [7, 11) is 0. The van der Waals surface area contributed by atoms with Crippen LogP contribution in [0, 0.1) is 10.1 Å². The third-order valence-electron chi connectivity index (χ3n) is 5.09. The normalized spacial score (nSPS) is 13.8. The number of aromatic nitrogens is 2. The van der Waals surface area contributed by atoms with Crippen LogP contribution in [0.3, 0.4) is 0 Å². The zero-order valence-corrected chi connectivity index (χ0v) is 17.6. The van der Waals surface area contributed by atoms with Crippen LogP contribution in [-0.2, 0) is 25.1 Å². The van der Waals surface area contributed by atoms with Crippen LogP contribution in [0.1, 0.15) is 35.3 Å². The Balaban J connectivity index is 1.73. The maximum absolute atomic E-state index is 13.3. The highest BCUT2D eigenvalue weighted by Gasteiger charge is 2.21. The van der Waals surface area contributed by atoms with Gasteiger partial charge in [0.1, 0.15) is 4.83 Å². The number of nitrogens with zero attached hydrogens (tertiary/aromatic N) is 3. The molecule has 0 saturated carbocycles. The van der Waals surface area contributed by atoms with Gasteiger partial charge in [-0.1, -0.05) is 36.4 Å². The number of thioether (sulfide) groups is 1. The number of allylic oxidation sites excluding steroid dienone is 1. The highest BCUT2D eigenvalue weighted by molar-refractivity contribution is 7.98. The van der Waals surface area contributed by atoms with E-state index < -0.39 is 4.92 Å². The van der Waals surface area contributed by atoms with Gasteiger partial charge in [-0.15, -0.1) is 17.9 Å². The van der Waals surface area contributed by atoms with Crippen LogP contribution in [0.25, 0.3) is 10.2 Å². The van der Waals surface area contributed by atoms with Crippen LogP contribution in [0.15, 0.2) is 46.9 Å². The van der Waals surface area contributed by atoms with Crippen LogP contribution < -0.4 is 5.56 Å². The Hall–Kier alpha value is -2.45. The molecule has 0 N–H and O–H groups in total. The highest BCUT2D eigenvalue weighted by Crippen LogP contribution is 2.34. The minimum absolute atomic E-state index is 0.00385. The van der Waals surface area contributed by atoms with Gasteiger partial charge in [-0.05, 0) is 36.8 Å². The minimum Gasteiger partial charge on any atom is -0.283 e. The van der Waals surface area contributed by atoms with E-state index in [1.807, 2.05) is 6.07 Å². The predicted molar refractivity (Wildman–Crippen MR) is 118 cm³/mol. The molecule has 2 heterocycles. The molecule has 0 bridgehead atoms. The third-order valence-corrected chi connectivity index (χ3v) is 7.32. The van der Waals surface area contributed by atoms with Gasteiger partial charge in [0, 0.05) is 29.3 Å². The van der Waals surface area contributed by atoms with Gasteiger partial charge in [-0.2, -0.15) is 0 Å². The van der Waals surface area contributed by atoms with E-state index in [1.165, 1.54) is 34.7 Å². The van der Waals surface area contributed by atoms with Gasteiger partial charge in [-0.3, -0.25) is 19.5 Å². The lowest BCUT2D eigenvalue weighted by molar-refractivity contribution is -0.384. The zero-order valence-electron chi connectivity index (χ0n) is 15.9. The molecule has 3 aromatic rings. The van der Waals surface area contributed by atoms with E-state index in [0.29, 0.717) is 17.5 Å². The molecular weight excluding hydrogens is 406 g/mol. The van der Waals surface area contributed by atoms with Crippen molar-refractivity contribution in [2.24, 2.45) is 0 Å². The molecule has 150 valence electrons. The molecule has 4 rings (SSSR count). The molecule has 0 spiro atoms. The van der Waals surface area contributed by atoms with Crippen LogP contribution >= 0.6 is 23.1 Å². The number of hydrogen-bond acceptors (Lipinski definition) is 6. The molecule has 1 aliphatic rings. The molecule has 0 unspecified atom stereocenters. The first-order valence-corrected chi connectivity index (χ1v) is 11.4. The van der Waals surface area contributed by atoms with Gasteiger partial charge in [0.25, 0.3) is 11.2 Å². The molecular formula is C21H21N3O3S2. The summed E-state index contributed by atoms with van der Waals surface area (Å²) in [4.78, 5) is 30.9. The largest absolute Gasteiger partial charge is 0.283 e. The summed E-state index contributed by atoms with van der Waals surface area (Å²) in [6.45, 7) is 4.18. The van der Waals surface area contributed by atoms with Crippen molar-refractivity contribution in [3.8, 4) is 0 Å². The van der Waals surface area contributed by atoms with Gasteiger partial charge >= 0.3 is 0 Å². The topological polar surface area (TPSA) is 78.0 Å². The lowest BCUT2D eigenvalue weighted by Gasteiger charge is -2.10. The van der Waals surface area contributed by atoms with Crippen molar-refractivity contribution < 1.29 is 4.92 Å². The van der Waals surface area contributed by atoms with Gasteiger partial charge in [-0.25, -0.2) is 4.98 Å². The fourth-order valence-electron chi connectivity index (χ4n) is 3.70. The van der Waals surface area contributed by atoms with E-state index in [0.717, 1.165) is 41.5 Å². The number of rotatable bonds is 6. The molecule has 1 aromatic carbocycles. The van der Waals surface area contributed by atoms with E-state index in [-0.39, 0.29) is 11.2 Å². The molecule has 0 radical (unpaired) electrons. The van der Waals surface area contributed by atoms with E-state index in [9.17, 15) is 14.9 Å². The van der Waals surface area contributed by atoms with Crippen molar-refractivity contribution in [3.63, 3.8) is 0 Å². The number of thiophene rings is 1. The van der Waals surface area contributed by atoms with Gasteiger partial charge < -0.3 is 0 Å². The van der Waals surface area contributed by atoms with Crippen molar-refractivity contribution in [2.45, 2.75) is 49.6 Å². The first-order chi connectivity index (χ1) is 14.1. The zero-order chi connectivity index (χ0) is 20.4. The Morgan fingerprint density at radius 3 is 2.93 bits per heavy atom. The molecule has 0 atom stereocenters. The summed E-state index contributed by atoms with van der Waals surface area (Å²) >= 11 is 3.07. The molecule has 1 aliphatic carbocycles. The summed E-state index contributed by atoms with van der Waals surface area (Å²) < 4.78 is 1.68. The molecule has 8 heteroatoms. The average molecular weight is 428 g/mol. The second kappa shape index (κ2) is 8.51. The Labute approximate surface area is 176 Å². The molecule has 2 aromatic heterocycles. The number of hydrogen-bond donors (Lipinski definition) is 0. The van der Waals surface area contributed by atoms with E-state index in [1.54, 1.807) is 34.1 Å². The first kappa shape index (κ1) is 19.8. The lowest BCUT2D eigenvalue weighted by atomic mass is 10.1. The Bertz CT molecular complexity index is 1150. The molecule has 0 fully saturated rings. The molecule has 0 aliphatic heterocycles. The van der Waals surface area contributed by atoms with E-state index >= 15 is 0 Å². The van der Waals surface area contributed by atoms with Crippen LogP contribution in [-0.4, -0.2) is 14.5 Å². The predicted octanol–water partition coefficient (Wildman–Crippen LogP) is 5.11. The number of non-ortho nitro benzene ring substituents is 1. The van der Waals surface area contributed by atoms with Crippen molar-refractivity contribution in [3.05, 3.63) is 73.4 Å². The second-order valence-corrected chi connectivity index (χ2v) is 9.09. The van der Waals surface area contributed by atoms with Gasteiger partial charge in [0.2, 0.25) is 0 Å². The molecule has 0 amide bonds. The van der Waals surface area contributed by atoms with Crippen LogP contribution in [0.4, 0.5) is 5.69 Å². The van der Waals surface area contributed by atoms with Gasteiger partial charge in [0.15, 0.2) is 5.16 Å². The second-order valence-electron chi connectivity index (χ2n) is 7.06. The fraction of sp³-hybridized carbons (Fsp3) is 0.333. The van der Waals surface area contributed by atoms with E-state index in [2.05, 4.69) is 6.58 Å². The number of aryl methyl sites for hydroxylation is 2. The van der Waals surface area contributed by atoms with Crippen LogP contribution in [0.5, 0.6) is 0 Å². The Kier molecular flexibility index (Phi) is 5.82. The summed E-state index contributed by atoms with van der Waals surface area (Å²) in [5.41, 5.74) is 2.08. The number of nitro benzene ring substituents is 1. The number of benzene rings is 1. The molecule has 29 heavy (non-hydrogen) atoms. The van der Waals surface area contributed by atoms with E-state index in [4.69, 9.17) is 4.98 Å². The average Bonchev–Trinajstić information content (AvgIpc) is 2.90. The quantitative estimate of drug-likeness (QED) is 0.136. The first-order valence-electron chi connectivity index (χ1n) is 9.60. The number of fused-ring (bicyclic) bond motifs is 3. The minimum atomic E-state index is -0.398. The lowest BCUT2D eigenvalue weighted by Crippen LogP contribution is -2.23.